The smallest absolute Gasteiger partial charge is 0.104 e. The van der Waals surface area contributed by atoms with Gasteiger partial charge in [0.25, 0.3) is 0 Å². The Kier molecular flexibility index (Phi) is 5.95. The van der Waals surface area contributed by atoms with E-state index in [1.165, 1.54) is 19.0 Å². The fourth-order valence-electron chi connectivity index (χ4n) is 0.279. The van der Waals surface area contributed by atoms with Crippen molar-refractivity contribution in [2.45, 2.75) is 19.8 Å². The van der Waals surface area contributed by atoms with Crippen molar-refractivity contribution in [2.24, 2.45) is 0 Å². The van der Waals surface area contributed by atoms with Crippen LogP contribution in [0.1, 0.15) is 19.8 Å². The molecule has 0 spiro atoms. The molecule has 34 valence electrons. The van der Waals surface area contributed by atoms with Crippen LogP contribution in [-0.2, 0) is 0 Å². The molecule has 0 aliphatic carbocycles. The summed E-state index contributed by atoms with van der Waals surface area (Å²) in [6.07, 6.45) is 3.80. The van der Waals surface area contributed by atoms with Gasteiger partial charge in [0.2, 0.25) is 0 Å². The number of hydrogen-bond donors (Lipinski definition) is 0. The molecule has 2 heteroatoms. The van der Waals surface area contributed by atoms with Gasteiger partial charge in [-0.3, -0.25) is 0 Å². The fourth-order valence-corrected chi connectivity index (χ4v) is 0.837. The van der Waals surface area contributed by atoms with E-state index in [0.29, 0.717) is 8.46 Å². The molecule has 0 aromatic heterocycles. The van der Waals surface area contributed by atoms with Crippen LogP contribution in [0.25, 0.3) is 0 Å². The lowest BCUT2D eigenvalue weighted by atomic mass is 10.4. The Hall–Kier alpha value is 0.495. The molecule has 0 aromatic carbocycles. The first-order valence-corrected chi connectivity index (χ1v) is 3.63. The minimum atomic E-state index is 0.665. The van der Waals surface area contributed by atoms with Gasteiger partial charge in [0.15, 0.2) is 0 Å². The maximum atomic E-state index is 5.24. The van der Waals surface area contributed by atoms with Gasteiger partial charge in [-0.05, 0) is 6.16 Å². The Bertz CT molecular complexity index is 19.5. The first kappa shape index (κ1) is 6.49. The molecule has 0 saturated carbocycles. The lowest BCUT2D eigenvalue weighted by Crippen LogP contribution is -1.70. The third-order valence-electron chi connectivity index (χ3n) is 0.675. The molecule has 0 rings (SSSR count). The van der Waals surface area contributed by atoms with Crippen LogP contribution in [0.5, 0.6) is 0 Å². The van der Waals surface area contributed by atoms with Crippen LogP contribution >= 0.6 is 8.46 Å². The number of rotatable bonds is 3. The Balaban J connectivity index is 2.34. The molecule has 1 atom stereocenters. The molecular weight excluding hydrogens is 89.8 g/mol. The summed E-state index contributed by atoms with van der Waals surface area (Å²) in [6, 6.07) is 0. The largest absolute Gasteiger partial charge is 0.172 e. The van der Waals surface area contributed by atoms with Crippen LogP contribution in [0.2, 0.25) is 0 Å². The predicted molar refractivity (Wildman–Crippen MR) is 33.8 cm³/mol. The monoisotopic (exact) mass is 100 g/mol. The Labute approximate surface area is 42.9 Å². The van der Waals surface area contributed by atoms with Crippen LogP contribution in [0.3, 0.4) is 0 Å². The van der Waals surface area contributed by atoms with E-state index in [1.54, 1.807) is 0 Å². The highest BCUT2D eigenvalue weighted by molar-refractivity contribution is 7.66. The molecular formula is C4H10BP. The van der Waals surface area contributed by atoms with Gasteiger partial charge in [0, 0.05) is 0 Å². The summed E-state index contributed by atoms with van der Waals surface area (Å²) in [7, 11) is 5.91. The minimum absolute atomic E-state index is 0.665. The van der Waals surface area contributed by atoms with Crippen LogP contribution < -0.4 is 0 Å². The van der Waals surface area contributed by atoms with Gasteiger partial charge < -0.3 is 0 Å². The topological polar surface area (TPSA) is 0 Å². The van der Waals surface area contributed by atoms with E-state index in [4.69, 9.17) is 7.57 Å². The molecule has 0 aliphatic heterocycles. The van der Waals surface area contributed by atoms with Gasteiger partial charge in [-0.15, -0.1) is 0 Å². The van der Waals surface area contributed by atoms with Gasteiger partial charge in [-0.25, -0.2) is 0 Å². The predicted octanol–water partition coefficient (Wildman–Crippen LogP) is 1.55. The second-order valence-corrected chi connectivity index (χ2v) is 2.22. The highest BCUT2D eigenvalue weighted by atomic mass is 31.1. The van der Waals surface area contributed by atoms with Gasteiger partial charge in [0.1, 0.15) is 7.57 Å². The summed E-state index contributed by atoms with van der Waals surface area (Å²) in [4.78, 5) is 0. The van der Waals surface area contributed by atoms with Crippen molar-refractivity contribution in [3.8, 4) is 0 Å². The summed E-state index contributed by atoms with van der Waals surface area (Å²) in [5, 5.41) is 0. The summed E-state index contributed by atoms with van der Waals surface area (Å²) < 4.78 is 0. The van der Waals surface area contributed by atoms with Gasteiger partial charge in [-0.1, -0.05) is 19.8 Å². The van der Waals surface area contributed by atoms with Gasteiger partial charge >= 0.3 is 0 Å². The molecule has 0 fully saturated rings. The SMILES string of the molecule is [B]PCCCC. The van der Waals surface area contributed by atoms with E-state index in [2.05, 4.69) is 6.92 Å². The molecule has 0 N–H and O–H groups in total. The highest BCUT2D eigenvalue weighted by Crippen LogP contribution is 2.02. The van der Waals surface area contributed by atoms with Crippen molar-refractivity contribution in [3.63, 3.8) is 0 Å². The van der Waals surface area contributed by atoms with E-state index < -0.39 is 0 Å². The van der Waals surface area contributed by atoms with Crippen LogP contribution in [-0.4, -0.2) is 13.7 Å². The number of unbranched alkanes of at least 4 members (excludes halogenated alkanes) is 1. The van der Waals surface area contributed by atoms with E-state index in [0.717, 1.165) is 0 Å². The first-order chi connectivity index (χ1) is 2.91. The van der Waals surface area contributed by atoms with E-state index >= 15 is 0 Å². The highest BCUT2D eigenvalue weighted by Gasteiger charge is 1.74. The summed E-state index contributed by atoms with van der Waals surface area (Å²) in [5.74, 6) is 0. The fraction of sp³-hybridized carbons (Fsp3) is 1.00. The third kappa shape index (κ3) is 4.49. The standard InChI is InChI=1S/C4H10BP/c1-2-3-4-6-5/h6H,2-4H2,1H3. The summed E-state index contributed by atoms with van der Waals surface area (Å²) in [6.45, 7) is 2.18. The average molecular weight is 99.9 g/mol. The zero-order valence-electron chi connectivity index (χ0n) is 4.20. The quantitative estimate of drug-likeness (QED) is 0.286. The minimum Gasteiger partial charge on any atom is -0.172 e. The second kappa shape index (κ2) is 5.49. The van der Waals surface area contributed by atoms with Crippen molar-refractivity contribution in [1.29, 1.82) is 0 Å². The molecule has 0 saturated heterocycles. The molecule has 0 bridgehead atoms. The zero-order chi connectivity index (χ0) is 4.83. The number of hydrogen-bond acceptors (Lipinski definition) is 0. The van der Waals surface area contributed by atoms with Crippen molar-refractivity contribution < 1.29 is 0 Å². The van der Waals surface area contributed by atoms with Gasteiger partial charge in [-0.2, -0.15) is 8.46 Å². The third-order valence-corrected chi connectivity index (χ3v) is 1.32. The van der Waals surface area contributed by atoms with Crippen LogP contribution in [0.15, 0.2) is 0 Å². The van der Waals surface area contributed by atoms with Crippen LogP contribution in [0.4, 0.5) is 0 Å². The molecule has 0 amide bonds. The van der Waals surface area contributed by atoms with E-state index in [9.17, 15) is 0 Å². The molecule has 0 aromatic rings. The normalized spacial score (nSPS) is 10.8. The van der Waals surface area contributed by atoms with E-state index in [1.807, 2.05) is 0 Å². The Morgan fingerprint density at radius 2 is 2.33 bits per heavy atom. The maximum absolute atomic E-state index is 5.24. The second-order valence-electron chi connectivity index (χ2n) is 1.31. The summed E-state index contributed by atoms with van der Waals surface area (Å²) >= 11 is 0. The zero-order valence-corrected chi connectivity index (χ0v) is 5.20. The molecule has 0 nitrogen and oxygen atoms in total. The van der Waals surface area contributed by atoms with Gasteiger partial charge in [0.05, 0.1) is 0 Å². The Morgan fingerprint density at radius 1 is 1.67 bits per heavy atom. The maximum Gasteiger partial charge on any atom is 0.104 e. The lowest BCUT2D eigenvalue weighted by Gasteiger charge is -1.87. The van der Waals surface area contributed by atoms with Crippen molar-refractivity contribution in [3.05, 3.63) is 0 Å². The van der Waals surface area contributed by atoms with E-state index in [-0.39, 0.29) is 0 Å². The average Bonchev–Trinajstić information content (AvgIpc) is 1.61. The first-order valence-electron chi connectivity index (χ1n) is 2.35. The van der Waals surface area contributed by atoms with Crippen molar-refractivity contribution in [2.75, 3.05) is 6.16 Å². The molecule has 0 aliphatic rings. The molecule has 0 heterocycles. The Morgan fingerprint density at radius 3 is 2.50 bits per heavy atom. The molecule has 6 heavy (non-hydrogen) atoms. The lowest BCUT2D eigenvalue weighted by molar-refractivity contribution is 0.896. The molecule has 1 unspecified atom stereocenters. The van der Waals surface area contributed by atoms with Crippen molar-refractivity contribution in [1.82, 2.24) is 0 Å². The van der Waals surface area contributed by atoms with Crippen LogP contribution in [0, 0.1) is 0 Å². The molecule has 2 radical (unpaired) electrons. The summed E-state index contributed by atoms with van der Waals surface area (Å²) in [5.41, 5.74) is 0. The van der Waals surface area contributed by atoms with Crippen molar-refractivity contribution >= 4 is 16.0 Å².